The Labute approximate surface area is 174 Å². The van der Waals surface area contributed by atoms with Gasteiger partial charge < -0.3 is 15.5 Å². The molecule has 0 aliphatic carbocycles. The minimum Gasteiger partial charge on any atom is -0.347 e. The van der Waals surface area contributed by atoms with Crippen molar-refractivity contribution >= 4 is 35.0 Å². The van der Waals surface area contributed by atoms with Crippen LogP contribution in [0.3, 0.4) is 0 Å². The van der Waals surface area contributed by atoms with Crippen LogP contribution in [-0.4, -0.2) is 66.8 Å². The average Bonchev–Trinajstić information content (AvgIpc) is 2.75. The lowest BCUT2D eigenvalue weighted by atomic mass is 10.2. The van der Waals surface area contributed by atoms with Gasteiger partial charge >= 0.3 is 11.8 Å². The highest BCUT2D eigenvalue weighted by molar-refractivity contribution is 6.39. The zero-order valence-electron chi connectivity index (χ0n) is 15.9. The van der Waals surface area contributed by atoms with E-state index in [-0.39, 0.29) is 5.91 Å². The Morgan fingerprint density at radius 3 is 2.17 bits per heavy atom. The van der Waals surface area contributed by atoms with Gasteiger partial charge in [0.2, 0.25) is 0 Å². The van der Waals surface area contributed by atoms with E-state index in [1.165, 1.54) is 0 Å². The van der Waals surface area contributed by atoms with Crippen molar-refractivity contribution < 1.29 is 14.4 Å². The maximum atomic E-state index is 12.5. The van der Waals surface area contributed by atoms with Gasteiger partial charge in [0.15, 0.2) is 0 Å². The second kappa shape index (κ2) is 10.0. The summed E-state index contributed by atoms with van der Waals surface area (Å²) in [6, 6.07) is 15.7. The Kier molecular flexibility index (Phi) is 7.21. The zero-order chi connectivity index (χ0) is 20.6. The highest BCUT2D eigenvalue weighted by Gasteiger charge is 2.22. The number of carbonyl (C=O) groups is 3. The number of para-hydroxylation sites is 1. The number of carbonyl (C=O) groups excluding carboxylic acids is 3. The van der Waals surface area contributed by atoms with Crippen molar-refractivity contribution in [1.29, 1.82) is 0 Å². The van der Waals surface area contributed by atoms with E-state index in [1.54, 1.807) is 48.5 Å². The maximum absolute atomic E-state index is 12.5. The third kappa shape index (κ3) is 6.04. The van der Waals surface area contributed by atoms with E-state index in [4.69, 9.17) is 11.6 Å². The number of anilines is 1. The van der Waals surface area contributed by atoms with Gasteiger partial charge in [0, 0.05) is 55.5 Å². The highest BCUT2D eigenvalue weighted by Crippen LogP contribution is 2.13. The van der Waals surface area contributed by atoms with Crippen LogP contribution in [0.5, 0.6) is 0 Å². The number of piperazine rings is 1. The fraction of sp³-hybridized carbons (Fsp3) is 0.286. The van der Waals surface area contributed by atoms with Crippen LogP contribution in [0.1, 0.15) is 10.4 Å². The Hall–Kier alpha value is -2.90. The van der Waals surface area contributed by atoms with Crippen molar-refractivity contribution in [2.45, 2.75) is 0 Å². The molecule has 152 valence electrons. The number of nitrogens with one attached hydrogen (secondary N) is 2. The van der Waals surface area contributed by atoms with Gasteiger partial charge in [-0.1, -0.05) is 29.8 Å². The molecule has 2 aromatic rings. The summed E-state index contributed by atoms with van der Waals surface area (Å²) in [7, 11) is 0. The number of hydrogen-bond acceptors (Lipinski definition) is 4. The molecular weight excluding hydrogens is 392 g/mol. The van der Waals surface area contributed by atoms with Crippen molar-refractivity contribution in [3.8, 4) is 0 Å². The molecule has 3 amide bonds. The Morgan fingerprint density at radius 2 is 1.52 bits per heavy atom. The van der Waals surface area contributed by atoms with Crippen molar-refractivity contribution in [3.63, 3.8) is 0 Å². The molecular formula is C21H23ClN4O3. The summed E-state index contributed by atoms with van der Waals surface area (Å²) in [4.78, 5) is 40.3. The Balaban J connectivity index is 1.36. The number of nitrogens with zero attached hydrogens (tertiary/aromatic N) is 2. The lowest BCUT2D eigenvalue weighted by Gasteiger charge is -2.34. The second-order valence-electron chi connectivity index (χ2n) is 6.72. The van der Waals surface area contributed by atoms with Gasteiger partial charge in [-0.15, -0.1) is 0 Å². The van der Waals surface area contributed by atoms with Crippen LogP contribution in [0.15, 0.2) is 54.6 Å². The molecule has 2 N–H and O–H groups in total. The van der Waals surface area contributed by atoms with Crippen LogP contribution >= 0.6 is 11.6 Å². The highest BCUT2D eigenvalue weighted by atomic mass is 35.5. The van der Waals surface area contributed by atoms with E-state index in [2.05, 4.69) is 15.5 Å². The van der Waals surface area contributed by atoms with Gasteiger partial charge in [0.1, 0.15) is 0 Å². The van der Waals surface area contributed by atoms with E-state index in [1.807, 2.05) is 11.0 Å². The summed E-state index contributed by atoms with van der Waals surface area (Å²) in [5.74, 6) is -1.35. The van der Waals surface area contributed by atoms with Gasteiger partial charge in [-0.25, -0.2) is 0 Å². The lowest BCUT2D eigenvalue weighted by molar-refractivity contribution is -0.136. The quantitative estimate of drug-likeness (QED) is 0.731. The normalized spacial score (nSPS) is 14.3. The molecule has 7 nitrogen and oxygen atoms in total. The molecule has 1 saturated heterocycles. The van der Waals surface area contributed by atoms with Gasteiger partial charge in [-0.3, -0.25) is 19.3 Å². The second-order valence-corrected chi connectivity index (χ2v) is 7.15. The van der Waals surface area contributed by atoms with Crippen LogP contribution in [0.2, 0.25) is 5.02 Å². The van der Waals surface area contributed by atoms with Crippen molar-refractivity contribution in [1.82, 2.24) is 15.1 Å². The maximum Gasteiger partial charge on any atom is 0.313 e. The minimum absolute atomic E-state index is 0.00722. The molecule has 0 radical (unpaired) electrons. The molecule has 1 heterocycles. The SMILES string of the molecule is O=C(NCCN1CCN(C(=O)c2ccc(Cl)cc2)CC1)C(=O)Nc1ccccc1. The summed E-state index contributed by atoms with van der Waals surface area (Å²) < 4.78 is 0. The molecule has 29 heavy (non-hydrogen) atoms. The first-order valence-corrected chi connectivity index (χ1v) is 9.82. The molecule has 0 atom stereocenters. The first-order chi connectivity index (χ1) is 14.0. The molecule has 1 fully saturated rings. The number of rotatable bonds is 5. The predicted octanol–water partition coefficient (Wildman–Crippen LogP) is 1.85. The summed E-state index contributed by atoms with van der Waals surface area (Å²) in [5.41, 5.74) is 1.20. The van der Waals surface area contributed by atoms with E-state index >= 15 is 0 Å². The van der Waals surface area contributed by atoms with Crippen LogP contribution < -0.4 is 10.6 Å². The topological polar surface area (TPSA) is 81.8 Å². The Morgan fingerprint density at radius 1 is 0.862 bits per heavy atom. The molecule has 0 bridgehead atoms. The van der Waals surface area contributed by atoms with E-state index in [0.29, 0.717) is 55.5 Å². The third-order valence-electron chi connectivity index (χ3n) is 4.70. The standard InChI is InChI=1S/C21H23ClN4O3/c22-17-8-6-16(7-9-17)21(29)26-14-12-25(13-15-26)11-10-23-19(27)20(28)24-18-4-2-1-3-5-18/h1-9H,10-15H2,(H,23,27)(H,24,28). The summed E-state index contributed by atoms with van der Waals surface area (Å²) >= 11 is 5.87. The monoisotopic (exact) mass is 414 g/mol. The van der Waals surface area contributed by atoms with Crippen LogP contribution in [-0.2, 0) is 9.59 Å². The number of amides is 3. The van der Waals surface area contributed by atoms with E-state index in [9.17, 15) is 14.4 Å². The van der Waals surface area contributed by atoms with Crippen LogP contribution in [0, 0.1) is 0 Å². The van der Waals surface area contributed by atoms with Crippen molar-refractivity contribution in [2.24, 2.45) is 0 Å². The number of benzene rings is 2. The molecule has 3 rings (SSSR count). The van der Waals surface area contributed by atoms with Gasteiger partial charge in [0.25, 0.3) is 5.91 Å². The van der Waals surface area contributed by atoms with E-state index in [0.717, 1.165) is 0 Å². The van der Waals surface area contributed by atoms with E-state index < -0.39 is 11.8 Å². The Bertz CT molecular complexity index is 850. The number of halogens is 1. The molecule has 0 spiro atoms. The summed E-state index contributed by atoms with van der Waals surface area (Å²) in [6.45, 7) is 3.64. The first-order valence-electron chi connectivity index (χ1n) is 9.44. The first kappa shape index (κ1) is 20.8. The molecule has 0 saturated carbocycles. The van der Waals surface area contributed by atoms with Gasteiger partial charge in [0.05, 0.1) is 0 Å². The van der Waals surface area contributed by atoms with Gasteiger partial charge in [-0.05, 0) is 36.4 Å². The molecule has 2 aromatic carbocycles. The predicted molar refractivity (Wildman–Crippen MR) is 112 cm³/mol. The van der Waals surface area contributed by atoms with Crippen LogP contribution in [0.4, 0.5) is 5.69 Å². The zero-order valence-corrected chi connectivity index (χ0v) is 16.7. The average molecular weight is 415 g/mol. The molecule has 0 unspecified atom stereocenters. The molecule has 0 aromatic heterocycles. The smallest absolute Gasteiger partial charge is 0.313 e. The number of hydrogen-bond donors (Lipinski definition) is 2. The molecule has 1 aliphatic heterocycles. The third-order valence-corrected chi connectivity index (χ3v) is 4.95. The fourth-order valence-corrected chi connectivity index (χ4v) is 3.19. The van der Waals surface area contributed by atoms with Crippen molar-refractivity contribution in [2.75, 3.05) is 44.6 Å². The van der Waals surface area contributed by atoms with Crippen LogP contribution in [0.25, 0.3) is 0 Å². The summed E-state index contributed by atoms with van der Waals surface area (Å²) in [6.07, 6.45) is 0. The minimum atomic E-state index is -0.686. The fourth-order valence-electron chi connectivity index (χ4n) is 3.07. The van der Waals surface area contributed by atoms with Crippen molar-refractivity contribution in [3.05, 3.63) is 65.2 Å². The molecule has 8 heteroatoms. The van der Waals surface area contributed by atoms with Gasteiger partial charge in [-0.2, -0.15) is 0 Å². The lowest BCUT2D eigenvalue weighted by Crippen LogP contribution is -2.50. The summed E-state index contributed by atoms with van der Waals surface area (Å²) in [5, 5.41) is 5.78. The molecule has 1 aliphatic rings. The largest absolute Gasteiger partial charge is 0.347 e.